The average Bonchev–Trinajstić information content (AvgIpc) is 3.00. The lowest BCUT2D eigenvalue weighted by Crippen LogP contribution is -2.15. The second-order valence-corrected chi connectivity index (χ2v) is 6.62. The van der Waals surface area contributed by atoms with E-state index in [0.29, 0.717) is 17.1 Å². The molecule has 0 radical (unpaired) electrons. The van der Waals surface area contributed by atoms with E-state index in [9.17, 15) is 4.79 Å². The Morgan fingerprint density at radius 2 is 1.85 bits per heavy atom. The molecule has 0 fully saturated rings. The molecule has 3 aromatic rings. The van der Waals surface area contributed by atoms with Gasteiger partial charge < -0.3 is 15.8 Å². The molecule has 0 spiro atoms. The van der Waals surface area contributed by atoms with Crippen LogP contribution < -0.4 is 15.8 Å². The first-order valence-corrected chi connectivity index (χ1v) is 8.72. The van der Waals surface area contributed by atoms with Gasteiger partial charge in [-0.2, -0.15) is 0 Å². The third kappa shape index (κ3) is 4.08. The fraction of sp³-hybridized carbons (Fsp3) is 0.250. The van der Waals surface area contributed by atoms with Crippen molar-refractivity contribution < 1.29 is 9.53 Å². The molecule has 1 aromatic heterocycles. The monoisotopic (exact) mass is 365 g/mol. The number of nitrogens with zero attached hydrogens (tertiary/aromatic N) is 3. The van der Waals surface area contributed by atoms with E-state index in [4.69, 9.17) is 10.5 Å². The minimum atomic E-state index is -0.327. The number of hydrogen-bond donors (Lipinski definition) is 2. The van der Waals surface area contributed by atoms with Crippen molar-refractivity contribution in [1.82, 2.24) is 15.0 Å². The van der Waals surface area contributed by atoms with E-state index in [-0.39, 0.29) is 17.7 Å². The van der Waals surface area contributed by atoms with Crippen LogP contribution in [0.25, 0.3) is 5.69 Å². The highest BCUT2D eigenvalue weighted by Gasteiger charge is 2.18. The smallest absolute Gasteiger partial charge is 0.278 e. The molecule has 0 aliphatic heterocycles. The van der Waals surface area contributed by atoms with Crippen LogP contribution in [-0.2, 0) is 0 Å². The van der Waals surface area contributed by atoms with Crippen molar-refractivity contribution in [2.24, 2.45) is 0 Å². The standard InChI is InChI=1S/C20H23N5O2/c1-12(2)27-17-9-7-16(8-10-17)25-14(4)19(23-24-25)20(26)22-18-11-15(21)6-5-13(18)3/h5-12H,21H2,1-4H3,(H,22,26). The van der Waals surface area contributed by atoms with Gasteiger partial charge in [-0.1, -0.05) is 11.3 Å². The molecule has 0 aliphatic rings. The Hall–Kier alpha value is -3.35. The van der Waals surface area contributed by atoms with Crippen LogP contribution in [0, 0.1) is 13.8 Å². The number of ether oxygens (including phenoxy) is 1. The number of rotatable bonds is 5. The predicted octanol–water partition coefficient (Wildman–Crippen LogP) is 3.51. The van der Waals surface area contributed by atoms with Crippen molar-refractivity contribution in [3.05, 3.63) is 59.4 Å². The number of carbonyl (C=O) groups is 1. The van der Waals surface area contributed by atoms with Gasteiger partial charge in [0.2, 0.25) is 0 Å². The third-order valence-corrected chi connectivity index (χ3v) is 4.07. The molecule has 3 N–H and O–H groups in total. The number of aromatic nitrogens is 3. The number of nitrogens with two attached hydrogens (primary N) is 1. The van der Waals surface area contributed by atoms with Crippen LogP contribution in [0.2, 0.25) is 0 Å². The zero-order valence-electron chi connectivity index (χ0n) is 15.9. The highest BCUT2D eigenvalue weighted by atomic mass is 16.5. The van der Waals surface area contributed by atoms with Gasteiger partial charge in [0, 0.05) is 11.4 Å². The summed E-state index contributed by atoms with van der Waals surface area (Å²) in [5, 5.41) is 11.0. The molecule has 0 aliphatic carbocycles. The summed E-state index contributed by atoms with van der Waals surface area (Å²) in [6, 6.07) is 12.9. The number of benzene rings is 2. The van der Waals surface area contributed by atoms with E-state index in [0.717, 1.165) is 17.0 Å². The predicted molar refractivity (Wildman–Crippen MR) is 105 cm³/mol. The van der Waals surface area contributed by atoms with Gasteiger partial charge in [-0.15, -0.1) is 5.10 Å². The van der Waals surface area contributed by atoms with Crippen LogP contribution >= 0.6 is 0 Å². The first kappa shape index (κ1) is 18.4. The lowest BCUT2D eigenvalue weighted by atomic mass is 10.1. The third-order valence-electron chi connectivity index (χ3n) is 4.07. The lowest BCUT2D eigenvalue weighted by molar-refractivity contribution is 0.102. The maximum absolute atomic E-state index is 12.6. The molecule has 1 heterocycles. The largest absolute Gasteiger partial charge is 0.491 e. The van der Waals surface area contributed by atoms with E-state index in [1.165, 1.54) is 0 Å². The van der Waals surface area contributed by atoms with Gasteiger partial charge in [0.05, 0.1) is 17.5 Å². The zero-order valence-corrected chi connectivity index (χ0v) is 15.9. The minimum Gasteiger partial charge on any atom is -0.491 e. The highest BCUT2D eigenvalue weighted by molar-refractivity contribution is 6.04. The minimum absolute atomic E-state index is 0.106. The maximum atomic E-state index is 12.6. The summed E-state index contributed by atoms with van der Waals surface area (Å²) in [4.78, 5) is 12.6. The van der Waals surface area contributed by atoms with Crippen molar-refractivity contribution in [1.29, 1.82) is 0 Å². The number of nitrogen functional groups attached to an aromatic ring is 1. The summed E-state index contributed by atoms with van der Waals surface area (Å²) < 4.78 is 7.27. The number of carbonyl (C=O) groups excluding carboxylic acids is 1. The molecule has 2 aromatic carbocycles. The number of amides is 1. The van der Waals surface area contributed by atoms with Crippen molar-refractivity contribution in [3.63, 3.8) is 0 Å². The Bertz CT molecular complexity index is 961. The second kappa shape index (κ2) is 7.49. The Morgan fingerprint density at radius 3 is 2.52 bits per heavy atom. The molecule has 3 rings (SSSR count). The second-order valence-electron chi connectivity index (χ2n) is 6.62. The Balaban J connectivity index is 1.82. The van der Waals surface area contributed by atoms with Crippen LogP contribution in [0.3, 0.4) is 0 Å². The molecule has 0 atom stereocenters. The van der Waals surface area contributed by atoms with Gasteiger partial charge in [0.15, 0.2) is 5.69 Å². The van der Waals surface area contributed by atoms with Crippen LogP contribution in [0.15, 0.2) is 42.5 Å². The topological polar surface area (TPSA) is 95.1 Å². The number of anilines is 2. The molecule has 7 heteroatoms. The maximum Gasteiger partial charge on any atom is 0.278 e. The van der Waals surface area contributed by atoms with Crippen LogP contribution in [-0.4, -0.2) is 27.0 Å². The van der Waals surface area contributed by atoms with Gasteiger partial charge in [-0.25, -0.2) is 4.68 Å². The summed E-state index contributed by atoms with van der Waals surface area (Å²) in [5.74, 6) is 0.453. The molecule has 0 saturated carbocycles. The number of hydrogen-bond acceptors (Lipinski definition) is 5. The van der Waals surface area contributed by atoms with Crippen LogP contribution in [0.1, 0.15) is 35.6 Å². The normalized spacial score (nSPS) is 10.9. The molecule has 1 amide bonds. The molecular formula is C20H23N5O2. The van der Waals surface area contributed by atoms with Gasteiger partial charge in [0.1, 0.15) is 5.75 Å². The first-order valence-electron chi connectivity index (χ1n) is 8.72. The van der Waals surface area contributed by atoms with Gasteiger partial charge >= 0.3 is 0 Å². The molecule has 0 bridgehead atoms. The summed E-state index contributed by atoms with van der Waals surface area (Å²) in [6.45, 7) is 7.66. The first-order chi connectivity index (χ1) is 12.8. The highest BCUT2D eigenvalue weighted by Crippen LogP contribution is 2.21. The molecule has 140 valence electrons. The van der Waals surface area contributed by atoms with E-state index in [1.54, 1.807) is 23.7 Å². The van der Waals surface area contributed by atoms with Crippen LogP contribution in [0.4, 0.5) is 11.4 Å². The fourth-order valence-electron chi connectivity index (χ4n) is 2.68. The zero-order chi connectivity index (χ0) is 19.6. The summed E-state index contributed by atoms with van der Waals surface area (Å²) in [5.41, 5.74) is 9.67. The quantitative estimate of drug-likeness (QED) is 0.675. The SMILES string of the molecule is Cc1ccc(N)cc1NC(=O)c1nnn(-c2ccc(OC(C)C)cc2)c1C. The molecule has 7 nitrogen and oxygen atoms in total. The Kier molecular flexibility index (Phi) is 5.12. The van der Waals surface area contributed by atoms with Gasteiger partial charge in [-0.05, 0) is 69.7 Å². The van der Waals surface area contributed by atoms with Crippen molar-refractivity contribution in [3.8, 4) is 11.4 Å². The van der Waals surface area contributed by atoms with Crippen LogP contribution in [0.5, 0.6) is 5.75 Å². The molecule has 0 unspecified atom stereocenters. The van der Waals surface area contributed by atoms with E-state index < -0.39 is 0 Å². The van der Waals surface area contributed by atoms with Gasteiger partial charge in [0.25, 0.3) is 5.91 Å². The number of aryl methyl sites for hydroxylation is 1. The molecular weight excluding hydrogens is 342 g/mol. The fourth-order valence-corrected chi connectivity index (χ4v) is 2.68. The van der Waals surface area contributed by atoms with Crippen molar-refractivity contribution >= 4 is 17.3 Å². The lowest BCUT2D eigenvalue weighted by Gasteiger charge is -2.10. The Labute approximate surface area is 158 Å². The molecule has 0 saturated heterocycles. The van der Waals surface area contributed by atoms with Crippen molar-refractivity contribution in [2.45, 2.75) is 33.8 Å². The summed E-state index contributed by atoms with van der Waals surface area (Å²) >= 11 is 0. The summed E-state index contributed by atoms with van der Waals surface area (Å²) in [7, 11) is 0. The van der Waals surface area contributed by atoms with E-state index in [1.807, 2.05) is 51.1 Å². The molecule has 27 heavy (non-hydrogen) atoms. The van der Waals surface area contributed by atoms with E-state index in [2.05, 4.69) is 15.6 Å². The number of nitrogens with one attached hydrogen (secondary N) is 1. The van der Waals surface area contributed by atoms with Crippen molar-refractivity contribution in [2.75, 3.05) is 11.1 Å². The summed E-state index contributed by atoms with van der Waals surface area (Å²) in [6.07, 6.45) is 0.106. The van der Waals surface area contributed by atoms with E-state index >= 15 is 0 Å². The average molecular weight is 365 g/mol. The Morgan fingerprint density at radius 1 is 1.15 bits per heavy atom. The van der Waals surface area contributed by atoms with Gasteiger partial charge in [-0.3, -0.25) is 4.79 Å².